The van der Waals surface area contributed by atoms with Gasteiger partial charge in [0.25, 0.3) is 0 Å². The highest BCUT2D eigenvalue weighted by Gasteiger charge is 2.19. The van der Waals surface area contributed by atoms with Crippen molar-refractivity contribution in [2.45, 2.75) is 0 Å². The van der Waals surface area contributed by atoms with Gasteiger partial charge in [-0.25, -0.2) is 0 Å². The Morgan fingerprint density at radius 2 is 2.00 bits per heavy atom. The summed E-state index contributed by atoms with van der Waals surface area (Å²) in [5, 5.41) is 4.12. The van der Waals surface area contributed by atoms with E-state index in [1.54, 1.807) is 6.07 Å². The fourth-order valence-electron chi connectivity index (χ4n) is 1.04. The van der Waals surface area contributed by atoms with E-state index in [1.165, 1.54) is 0 Å². The first-order valence-electron chi connectivity index (χ1n) is 3.24. The third-order valence-electron chi connectivity index (χ3n) is 1.60. The van der Waals surface area contributed by atoms with Crippen LogP contribution in [-0.2, 0) is 0 Å². The average Bonchev–Trinajstić information content (AvgIpc) is 2.48. The minimum absolute atomic E-state index is 0.357. The van der Waals surface area contributed by atoms with Gasteiger partial charge in [0.15, 0.2) is 6.73 Å². The maximum atomic E-state index is 5.89. The molecule has 12 heavy (non-hydrogen) atoms. The Labute approximate surface area is 84.4 Å². The van der Waals surface area contributed by atoms with Gasteiger partial charge in [0.2, 0.25) is 0 Å². The number of hydrogen-bond acceptors (Lipinski definition) is 2. The minimum Gasteiger partial charge on any atom is -0.471 e. The molecule has 1 heterocycles. The maximum Gasteiger partial charge on any atom is 0.159 e. The molecule has 1 aliphatic rings. The van der Waals surface area contributed by atoms with Crippen LogP contribution in [0.5, 0.6) is 5.75 Å². The second kappa shape index (κ2) is 2.87. The normalized spacial score (nSPS) is 13.6. The molecular weight excluding hydrogens is 220 g/mol. The second-order valence-corrected chi connectivity index (χ2v) is 3.49. The molecule has 0 bridgehead atoms. The summed E-state index contributed by atoms with van der Waals surface area (Å²) in [4.78, 5) is 0. The van der Waals surface area contributed by atoms with Gasteiger partial charge in [-0.1, -0.05) is 34.8 Å². The zero-order valence-electron chi connectivity index (χ0n) is 5.83. The quantitative estimate of drug-likeness (QED) is 0.682. The molecular formula is C7H4Cl3NO. The summed E-state index contributed by atoms with van der Waals surface area (Å²) in [5.41, 5.74) is 0.714. The number of rotatable bonds is 0. The number of anilines is 1. The SMILES string of the molecule is Clc1cc2c(c(Cl)c1Cl)NCO2. The van der Waals surface area contributed by atoms with Crippen LogP contribution in [0.1, 0.15) is 0 Å². The van der Waals surface area contributed by atoms with Crippen molar-refractivity contribution in [2.75, 3.05) is 12.0 Å². The lowest BCUT2D eigenvalue weighted by molar-refractivity contribution is 0.372. The molecule has 0 saturated carbocycles. The molecule has 0 fully saturated rings. The molecule has 1 aromatic rings. The first-order valence-corrected chi connectivity index (χ1v) is 4.37. The Morgan fingerprint density at radius 1 is 1.25 bits per heavy atom. The lowest BCUT2D eigenvalue weighted by atomic mass is 10.3. The van der Waals surface area contributed by atoms with Crippen LogP contribution < -0.4 is 10.1 Å². The van der Waals surface area contributed by atoms with Crippen LogP contribution in [-0.4, -0.2) is 6.73 Å². The fourth-order valence-corrected chi connectivity index (χ4v) is 1.69. The molecule has 0 unspecified atom stereocenters. The van der Waals surface area contributed by atoms with E-state index in [0.717, 1.165) is 0 Å². The lowest BCUT2D eigenvalue weighted by Crippen LogP contribution is -1.96. The van der Waals surface area contributed by atoms with E-state index in [4.69, 9.17) is 39.5 Å². The average molecular weight is 224 g/mol. The Hall–Kier alpha value is -0.310. The molecule has 1 aliphatic heterocycles. The summed E-state index contributed by atoms with van der Waals surface area (Å²) in [7, 11) is 0. The number of halogens is 3. The van der Waals surface area contributed by atoms with Crippen LogP contribution >= 0.6 is 34.8 Å². The molecule has 0 aromatic heterocycles. The Morgan fingerprint density at radius 3 is 2.75 bits per heavy atom. The largest absolute Gasteiger partial charge is 0.471 e. The van der Waals surface area contributed by atoms with Crippen molar-refractivity contribution < 1.29 is 4.74 Å². The van der Waals surface area contributed by atoms with Crippen molar-refractivity contribution in [1.82, 2.24) is 0 Å². The van der Waals surface area contributed by atoms with Gasteiger partial charge in [-0.2, -0.15) is 0 Å². The predicted octanol–water partition coefficient (Wildman–Crippen LogP) is 3.41. The van der Waals surface area contributed by atoms with E-state index in [-0.39, 0.29) is 0 Å². The first kappa shape index (κ1) is 8.30. The molecule has 2 nitrogen and oxygen atoms in total. The van der Waals surface area contributed by atoms with E-state index in [2.05, 4.69) is 5.32 Å². The predicted molar refractivity (Wildman–Crippen MR) is 50.6 cm³/mol. The van der Waals surface area contributed by atoms with E-state index < -0.39 is 0 Å². The standard InChI is InChI=1S/C7H4Cl3NO/c8-3-1-4-7(11-2-12-4)6(10)5(3)9/h1,11H,2H2. The molecule has 0 atom stereocenters. The minimum atomic E-state index is 0.357. The molecule has 64 valence electrons. The molecule has 2 rings (SSSR count). The molecule has 1 N–H and O–H groups in total. The van der Waals surface area contributed by atoms with Gasteiger partial charge >= 0.3 is 0 Å². The van der Waals surface area contributed by atoms with Crippen molar-refractivity contribution in [3.05, 3.63) is 21.1 Å². The summed E-state index contributed by atoms with van der Waals surface area (Å²) in [6.45, 7) is 0.408. The van der Waals surface area contributed by atoms with Crippen molar-refractivity contribution in [3.8, 4) is 5.75 Å². The van der Waals surface area contributed by atoms with Gasteiger partial charge < -0.3 is 10.1 Å². The van der Waals surface area contributed by atoms with E-state index in [9.17, 15) is 0 Å². The monoisotopic (exact) mass is 223 g/mol. The van der Waals surface area contributed by atoms with Gasteiger partial charge in [0, 0.05) is 6.07 Å². The topological polar surface area (TPSA) is 21.3 Å². The zero-order valence-corrected chi connectivity index (χ0v) is 8.09. The number of hydrogen-bond donors (Lipinski definition) is 1. The van der Waals surface area contributed by atoms with Gasteiger partial charge in [-0.3, -0.25) is 0 Å². The molecule has 1 aromatic carbocycles. The van der Waals surface area contributed by atoms with Gasteiger partial charge in [0.05, 0.1) is 20.8 Å². The third kappa shape index (κ3) is 1.11. The Balaban J connectivity index is 2.67. The Bertz CT molecular complexity index is 340. The molecule has 0 spiro atoms. The van der Waals surface area contributed by atoms with Crippen LogP contribution in [0.3, 0.4) is 0 Å². The maximum absolute atomic E-state index is 5.89. The fraction of sp³-hybridized carbons (Fsp3) is 0.143. The summed E-state index contributed by atoms with van der Waals surface area (Å²) in [6, 6.07) is 1.64. The van der Waals surface area contributed by atoms with E-state index >= 15 is 0 Å². The van der Waals surface area contributed by atoms with Gasteiger partial charge in [-0.15, -0.1) is 0 Å². The van der Waals surface area contributed by atoms with Crippen LogP contribution in [0.15, 0.2) is 6.07 Å². The molecule has 5 heteroatoms. The van der Waals surface area contributed by atoms with Crippen LogP contribution in [0.4, 0.5) is 5.69 Å². The second-order valence-electron chi connectivity index (χ2n) is 2.32. The smallest absolute Gasteiger partial charge is 0.159 e. The van der Waals surface area contributed by atoms with Gasteiger partial charge in [0.1, 0.15) is 5.75 Å². The van der Waals surface area contributed by atoms with E-state index in [1.807, 2.05) is 0 Å². The number of nitrogens with one attached hydrogen (secondary N) is 1. The van der Waals surface area contributed by atoms with Crippen LogP contribution in [0, 0.1) is 0 Å². The number of benzene rings is 1. The summed E-state index contributed by atoms with van der Waals surface area (Å²) < 4.78 is 5.18. The van der Waals surface area contributed by atoms with Crippen molar-refractivity contribution in [1.29, 1.82) is 0 Å². The summed E-state index contributed by atoms with van der Waals surface area (Å²) in [5.74, 6) is 0.648. The third-order valence-corrected chi connectivity index (χ3v) is 2.86. The van der Waals surface area contributed by atoms with E-state index in [0.29, 0.717) is 33.2 Å². The summed E-state index contributed by atoms with van der Waals surface area (Å²) in [6.07, 6.45) is 0. The molecule has 0 radical (unpaired) electrons. The van der Waals surface area contributed by atoms with Crippen LogP contribution in [0.2, 0.25) is 15.1 Å². The highest BCUT2D eigenvalue weighted by molar-refractivity contribution is 6.49. The summed E-state index contributed by atoms with van der Waals surface area (Å²) >= 11 is 17.5. The van der Waals surface area contributed by atoms with Crippen LogP contribution in [0.25, 0.3) is 0 Å². The lowest BCUT2D eigenvalue weighted by Gasteiger charge is -2.03. The molecule has 0 aliphatic carbocycles. The first-order chi connectivity index (χ1) is 5.70. The Kier molecular flexibility index (Phi) is 1.99. The van der Waals surface area contributed by atoms with Crippen molar-refractivity contribution >= 4 is 40.5 Å². The molecule has 0 amide bonds. The molecule has 0 saturated heterocycles. The number of fused-ring (bicyclic) bond motifs is 1. The highest BCUT2D eigenvalue weighted by atomic mass is 35.5. The van der Waals surface area contributed by atoms with Crippen molar-refractivity contribution in [3.63, 3.8) is 0 Å². The zero-order chi connectivity index (χ0) is 8.72. The van der Waals surface area contributed by atoms with Crippen molar-refractivity contribution in [2.24, 2.45) is 0 Å². The highest BCUT2D eigenvalue weighted by Crippen LogP contribution is 2.44. The number of ether oxygens (including phenoxy) is 1. The van der Waals surface area contributed by atoms with Gasteiger partial charge in [-0.05, 0) is 0 Å².